The normalized spacial score (nSPS) is 15.7. The molecule has 0 aliphatic carbocycles. The van der Waals surface area contributed by atoms with Crippen LogP contribution in [0, 0.1) is 0 Å². The van der Waals surface area contributed by atoms with Crippen LogP contribution in [0.25, 0.3) is 0 Å². The quantitative estimate of drug-likeness (QED) is 0.774. The highest BCUT2D eigenvalue weighted by Crippen LogP contribution is 2.21. The van der Waals surface area contributed by atoms with E-state index in [-0.39, 0.29) is 5.91 Å². The van der Waals surface area contributed by atoms with E-state index >= 15 is 0 Å². The van der Waals surface area contributed by atoms with E-state index in [2.05, 4.69) is 10.3 Å². The standard InChI is InChI=1S/C21H27N3O3S/c25-21(23-17-19-6-5-13-22-16-19)12-9-18-7-10-20(11-8-18)28(26,27)24-14-3-1-2-4-15-24/h5-8,10-11,13,16H,1-4,9,12,14-15,17H2,(H,23,25). The van der Waals surface area contributed by atoms with Crippen LogP contribution in [0.3, 0.4) is 0 Å². The number of carbonyl (C=O) groups is 1. The fraction of sp³-hybridized carbons (Fsp3) is 0.429. The van der Waals surface area contributed by atoms with Crippen LogP contribution in [0.5, 0.6) is 0 Å². The summed E-state index contributed by atoms with van der Waals surface area (Å²) in [5, 5.41) is 2.87. The molecular weight excluding hydrogens is 374 g/mol. The number of aromatic nitrogens is 1. The zero-order valence-corrected chi connectivity index (χ0v) is 16.8. The van der Waals surface area contributed by atoms with Gasteiger partial charge in [-0.1, -0.05) is 31.0 Å². The predicted octanol–water partition coefficient (Wildman–Crippen LogP) is 2.90. The number of hydrogen-bond donors (Lipinski definition) is 1. The Morgan fingerprint density at radius 3 is 2.36 bits per heavy atom. The number of benzene rings is 1. The third kappa shape index (κ3) is 5.62. The second-order valence-corrected chi connectivity index (χ2v) is 9.04. The van der Waals surface area contributed by atoms with Crippen molar-refractivity contribution >= 4 is 15.9 Å². The third-order valence-electron chi connectivity index (χ3n) is 4.98. The summed E-state index contributed by atoms with van der Waals surface area (Å²) in [6.07, 6.45) is 8.38. The fourth-order valence-electron chi connectivity index (χ4n) is 3.31. The van der Waals surface area contributed by atoms with Gasteiger partial charge in [-0.15, -0.1) is 0 Å². The highest BCUT2D eigenvalue weighted by molar-refractivity contribution is 7.89. The van der Waals surface area contributed by atoms with Gasteiger partial charge in [-0.2, -0.15) is 4.31 Å². The molecule has 1 aromatic carbocycles. The summed E-state index contributed by atoms with van der Waals surface area (Å²) >= 11 is 0. The molecule has 0 spiro atoms. The average molecular weight is 402 g/mol. The number of sulfonamides is 1. The molecule has 28 heavy (non-hydrogen) atoms. The Bertz CT molecular complexity index is 860. The molecule has 2 heterocycles. The molecule has 1 fully saturated rings. The van der Waals surface area contributed by atoms with E-state index in [1.54, 1.807) is 41.0 Å². The number of nitrogens with zero attached hydrogens (tertiary/aromatic N) is 2. The molecule has 1 amide bonds. The summed E-state index contributed by atoms with van der Waals surface area (Å²) < 4.78 is 27.2. The Hall–Kier alpha value is -2.25. The van der Waals surface area contributed by atoms with Gasteiger partial charge in [0.15, 0.2) is 0 Å². The number of carbonyl (C=O) groups excluding carboxylic acids is 1. The van der Waals surface area contributed by atoms with Crippen LogP contribution in [-0.4, -0.2) is 36.7 Å². The lowest BCUT2D eigenvalue weighted by Gasteiger charge is -2.20. The number of pyridine rings is 1. The van der Waals surface area contributed by atoms with Gasteiger partial charge in [-0.25, -0.2) is 8.42 Å². The Kier molecular flexibility index (Phi) is 7.17. The van der Waals surface area contributed by atoms with Crippen LogP contribution in [0.4, 0.5) is 0 Å². The maximum Gasteiger partial charge on any atom is 0.243 e. The highest BCUT2D eigenvalue weighted by Gasteiger charge is 2.24. The lowest BCUT2D eigenvalue weighted by Crippen LogP contribution is -2.31. The van der Waals surface area contributed by atoms with Gasteiger partial charge in [-0.3, -0.25) is 9.78 Å². The summed E-state index contributed by atoms with van der Waals surface area (Å²) in [7, 11) is -3.42. The minimum atomic E-state index is -3.42. The molecule has 0 saturated carbocycles. The molecule has 0 radical (unpaired) electrons. The number of hydrogen-bond acceptors (Lipinski definition) is 4. The lowest BCUT2D eigenvalue weighted by molar-refractivity contribution is -0.121. The molecule has 3 rings (SSSR count). The molecule has 0 atom stereocenters. The van der Waals surface area contributed by atoms with Crippen LogP contribution >= 0.6 is 0 Å². The molecule has 6 nitrogen and oxygen atoms in total. The monoisotopic (exact) mass is 401 g/mol. The van der Waals surface area contributed by atoms with Crippen LogP contribution in [0.15, 0.2) is 53.7 Å². The Balaban J connectivity index is 1.51. The number of aryl methyl sites for hydroxylation is 1. The first-order valence-corrected chi connectivity index (χ1v) is 11.2. The van der Waals surface area contributed by atoms with E-state index in [1.807, 2.05) is 12.1 Å². The minimum Gasteiger partial charge on any atom is -0.352 e. The lowest BCUT2D eigenvalue weighted by atomic mass is 10.1. The van der Waals surface area contributed by atoms with Crippen molar-refractivity contribution in [2.24, 2.45) is 0 Å². The number of rotatable bonds is 7. The van der Waals surface area contributed by atoms with Crippen LogP contribution in [0.2, 0.25) is 0 Å². The van der Waals surface area contributed by atoms with Gasteiger partial charge in [0, 0.05) is 38.4 Å². The van der Waals surface area contributed by atoms with E-state index < -0.39 is 10.0 Å². The number of amides is 1. The van der Waals surface area contributed by atoms with Gasteiger partial charge in [0.1, 0.15) is 0 Å². The second-order valence-electron chi connectivity index (χ2n) is 7.10. The van der Waals surface area contributed by atoms with E-state index in [4.69, 9.17) is 0 Å². The number of nitrogens with one attached hydrogen (secondary N) is 1. The van der Waals surface area contributed by atoms with E-state index in [9.17, 15) is 13.2 Å². The van der Waals surface area contributed by atoms with Gasteiger partial charge < -0.3 is 5.32 Å². The van der Waals surface area contributed by atoms with Gasteiger partial charge in [0.05, 0.1) is 4.90 Å². The maximum absolute atomic E-state index is 12.8. The Labute approximate surface area is 167 Å². The van der Waals surface area contributed by atoms with E-state index in [0.717, 1.165) is 36.8 Å². The third-order valence-corrected chi connectivity index (χ3v) is 6.89. The van der Waals surface area contributed by atoms with Crippen LogP contribution in [0.1, 0.15) is 43.2 Å². The summed E-state index contributed by atoms with van der Waals surface area (Å²) in [5.41, 5.74) is 1.91. The molecular formula is C21H27N3O3S. The van der Waals surface area contributed by atoms with Gasteiger partial charge >= 0.3 is 0 Å². The molecule has 1 saturated heterocycles. The molecule has 1 aliphatic heterocycles. The van der Waals surface area contributed by atoms with Crippen molar-refractivity contribution < 1.29 is 13.2 Å². The van der Waals surface area contributed by atoms with Crippen LogP contribution in [-0.2, 0) is 27.8 Å². The van der Waals surface area contributed by atoms with Gasteiger partial charge in [-0.05, 0) is 48.6 Å². The van der Waals surface area contributed by atoms with Crippen molar-refractivity contribution in [3.8, 4) is 0 Å². The Morgan fingerprint density at radius 2 is 1.71 bits per heavy atom. The van der Waals surface area contributed by atoms with E-state index in [1.165, 1.54) is 0 Å². The summed E-state index contributed by atoms with van der Waals surface area (Å²) in [5.74, 6) is -0.0369. The zero-order valence-electron chi connectivity index (χ0n) is 16.0. The molecule has 7 heteroatoms. The van der Waals surface area contributed by atoms with Crippen molar-refractivity contribution in [3.05, 3.63) is 59.9 Å². The molecule has 0 bridgehead atoms. The van der Waals surface area contributed by atoms with Crippen molar-refractivity contribution in [2.75, 3.05) is 13.1 Å². The summed E-state index contributed by atoms with van der Waals surface area (Å²) in [6.45, 7) is 1.65. The maximum atomic E-state index is 12.8. The first-order valence-electron chi connectivity index (χ1n) is 9.80. The minimum absolute atomic E-state index is 0.0369. The molecule has 0 unspecified atom stereocenters. The van der Waals surface area contributed by atoms with Crippen molar-refractivity contribution in [2.45, 2.75) is 50.0 Å². The van der Waals surface area contributed by atoms with E-state index in [0.29, 0.717) is 37.4 Å². The van der Waals surface area contributed by atoms with Gasteiger partial charge in [0.2, 0.25) is 15.9 Å². The molecule has 1 N–H and O–H groups in total. The molecule has 1 aliphatic rings. The fourth-order valence-corrected chi connectivity index (χ4v) is 4.83. The topological polar surface area (TPSA) is 79.4 Å². The van der Waals surface area contributed by atoms with Crippen molar-refractivity contribution in [1.29, 1.82) is 0 Å². The molecule has 1 aromatic heterocycles. The largest absolute Gasteiger partial charge is 0.352 e. The predicted molar refractivity (Wildman–Crippen MR) is 108 cm³/mol. The summed E-state index contributed by atoms with van der Waals surface area (Å²) in [6, 6.07) is 10.7. The zero-order chi connectivity index (χ0) is 19.8. The molecule has 150 valence electrons. The van der Waals surface area contributed by atoms with Crippen LogP contribution < -0.4 is 5.32 Å². The van der Waals surface area contributed by atoms with Gasteiger partial charge in [0.25, 0.3) is 0 Å². The second kappa shape index (κ2) is 9.80. The SMILES string of the molecule is O=C(CCc1ccc(S(=O)(=O)N2CCCCCC2)cc1)NCc1cccnc1. The average Bonchev–Trinajstić information content (AvgIpc) is 3.02. The molecule has 2 aromatic rings. The Morgan fingerprint density at radius 1 is 1.00 bits per heavy atom. The highest BCUT2D eigenvalue weighted by atomic mass is 32.2. The van der Waals surface area contributed by atoms with Crippen molar-refractivity contribution in [3.63, 3.8) is 0 Å². The first-order chi connectivity index (χ1) is 13.6. The first kappa shape index (κ1) is 20.5. The van der Waals surface area contributed by atoms with Crippen molar-refractivity contribution in [1.82, 2.24) is 14.6 Å². The smallest absolute Gasteiger partial charge is 0.243 e. The summed E-state index contributed by atoms with van der Waals surface area (Å²) in [4.78, 5) is 16.4.